The van der Waals surface area contributed by atoms with Crippen LogP contribution in [0.5, 0.6) is 0 Å². The molecule has 1 aromatic carbocycles. The summed E-state index contributed by atoms with van der Waals surface area (Å²) in [6.45, 7) is 3.53. The van der Waals surface area contributed by atoms with Crippen molar-refractivity contribution < 1.29 is 18.3 Å². The van der Waals surface area contributed by atoms with Gasteiger partial charge in [-0.05, 0) is 19.1 Å². The van der Waals surface area contributed by atoms with Crippen LogP contribution in [0.2, 0.25) is 0 Å². The molecule has 1 aliphatic rings. The number of aromatic nitrogens is 2. The lowest BCUT2D eigenvalue weighted by Crippen LogP contribution is -2.41. The number of morpholine rings is 1. The summed E-state index contributed by atoms with van der Waals surface area (Å²) < 4.78 is 32.8. The van der Waals surface area contributed by atoms with Gasteiger partial charge in [-0.25, -0.2) is 13.8 Å². The van der Waals surface area contributed by atoms with E-state index in [4.69, 9.17) is 4.74 Å². The number of nitrogens with one attached hydrogen (secondary N) is 1. The van der Waals surface area contributed by atoms with Crippen LogP contribution in [0.15, 0.2) is 29.1 Å². The minimum Gasteiger partial charge on any atom is -0.378 e. The zero-order valence-corrected chi connectivity index (χ0v) is 14.2. The molecule has 0 bridgehead atoms. The van der Waals surface area contributed by atoms with Crippen LogP contribution in [-0.4, -0.2) is 41.8 Å². The summed E-state index contributed by atoms with van der Waals surface area (Å²) in [4.78, 5) is 30.9. The summed E-state index contributed by atoms with van der Waals surface area (Å²) in [5.41, 5.74) is 0.295. The second-order valence-corrected chi connectivity index (χ2v) is 5.90. The molecule has 26 heavy (non-hydrogen) atoms. The lowest BCUT2D eigenvalue weighted by atomic mass is 10.3. The first-order chi connectivity index (χ1) is 12.4. The molecule has 7 nitrogen and oxygen atoms in total. The van der Waals surface area contributed by atoms with Crippen molar-refractivity contribution in [1.82, 2.24) is 9.55 Å². The number of hydrogen-bond donors (Lipinski definition) is 1. The molecular formula is C17H18F2N4O3. The number of benzene rings is 1. The fourth-order valence-corrected chi connectivity index (χ4v) is 2.68. The maximum absolute atomic E-state index is 13.3. The van der Waals surface area contributed by atoms with Gasteiger partial charge < -0.3 is 15.0 Å². The Morgan fingerprint density at radius 1 is 1.23 bits per heavy atom. The normalized spacial score (nSPS) is 14.3. The first kappa shape index (κ1) is 18.0. The van der Waals surface area contributed by atoms with Crippen molar-refractivity contribution in [1.29, 1.82) is 0 Å². The monoisotopic (exact) mass is 364 g/mol. The number of carbonyl (C=O) groups is 1. The fraction of sp³-hybridized carbons (Fsp3) is 0.353. The van der Waals surface area contributed by atoms with Gasteiger partial charge in [-0.2, -0.15) is 0 Å². The number of hydrogen-bond acceptors (Lipinski definition) is 5. The Morgan fingerprint density at radius 2 is 1.96 bits per heavy atom. The molecule has 0 atom stereocenters. The van der Waals surface area contributed by atoms with Crippen LogP contribution in [-0.2, 0) is 16.1 Å². The van der Waals surface area contributed by atoms with E-state index in [1.807, 2.05) is 4.90 Å². The molecule has 138 valence electrons. The number of anilines is 2. The lowest BCUT2D eigenvalue weighted by molar-refractivity contribution is -0.116. The van der Waals surface area contributed by atoms with Crippen LogP contribution in [0, 0.1) is 18.6 Å². The van der Waals surface area contributed by atoms with E-state index in [2.05, 4.69) is 10.3 Å². The van der Waals surface area contributed by atoms with Gasteiger partial charge in [0.1, 0.15) is 6.54 Å². The second-order valence-electron chi connectivity index (χ2n) is 5.90. The number of rotatable bonds is 4. The van der Waals surface area contributed by atoms with E-state index in [1.54, 1.807) is 6.92 Å². The molecular weight excluding hydrogens is 346 g/mol. The molecule has 2 aromatic rings. The first-order valence-corrected chi connectivity index (χ1v) is 8.10. The van der Waals surface area contributed by atoms with Gasteiger partial charge in [-0.15, -0.1) is 0 Å². The first-order valence-electron chi connectivity index (χ1n) is 8.10. The molecule has 3 rings (SSSR count). The lowest BCUT2D eigenvalue weighted by Gasteiger charge is -2.29. The summed E-state index contributed by atoms with van der Waals surface area (Å²) in [6.07, 6.45) is 0. The number of carbonyl (C=O) groups excluding carboxylic acids is 1. The van der Waals surface area contributed by atoms with Crippen molar-refractivity contribution in [2.75, 3.05) is 36.5 Å². The topological polar surface area (TPSA) is 76.5 Å². The number of aryl methyl sites for hydroxylation is 1. The highest BCUT2D eigenvalue weighted by Crippen LogP contribution is 2.15. The van der Waals surface area contributed by atoms with Gasteiger partial charge in [0.05, 0.1) is 13.2 Å². The van der Waals surface area contributed by atoms with Gasteiger partial charge in [0.15, 0.2) is 11.6 Å². The van der Waals surface area contributed by atoms with Crippen molar-refractivity contribution in [3.8, 4) is 0 Å². The Kier molecular flexibility index (Phi) is 5.27. The Balaban J connectivity index is 1.82. The van der Waals surface area contributed by atoms with E-state index < -0.39 is 17.5 Å². The standard InChI is InChI=1S/C17H18F2N4O3/c1-11-8-16(25)23(17(20-11)22-4-6-26-7-5-22)10-15(24)21-12-2-3-13(18)14(19)9-12/h2-3,8-9H,4-7,10H2,1H3,(H,21,24). The summed E-state index contributed by atoms with van der Waals surface area (Å²) in [5, 5.41) is 2.45. The van der Waals surface area contributed by atoms with Gasteiger partial charge in [0.2, 0.25) is 11.9 Å². The quantitative estimate of drug-likeness (QED) is 0.885. The third kappa shape index (κ3) is 4.05. The molecule has 0 saturated carbocycles. The van der Waals surface area contributed by atoms with E-state index >= 15 is 0 Å². The van der Waals surface area contributed by atoms with Crippen LogP contribution in [0.1, 0.15) is 5.69 Å². The predicted octanol–water partition coefficient (Wildman–Crippen LogP) is 1.31. The van der Waals surface area contributed by atoms with E-state index in [9.17, 15) is 18.4 Å². The van der Waals surface area contributed by atoms with Gasteiger partial charge in [-0.1, -0.05) is 0 Å². The smallest absolute Gasteiger partial charge is 0.255 e. The maximum atomic E-state index is 13.3. The SMILES string of the molecule is Cc1cc(=O)n(CC(=O)Nc2ccc(F)c(F)c2)c(N2CCOCC2)n1. The van der Waals surface area contributed by atoms with Crippen molar-refractivity contribution in [2.24, 2.45) is 0 Å². The van der Waals surface area contributed by atoms with Crippen molar-refractivity contribution >= 4 is 17.5 Å². The number of ether oxygens (including phenoxy) is 1. The molecule has 0 unspecified atom stereocenters. The van der Waals surface area contributed by atoms with E-state index in [-0.39, 0.29) is 17.8 Å². The summed E-state index contributed by atoms with van der Waals surface area (Å²) in [5.74, 6) is -2.22. The summed E-state index contributed by atoms with van der Waals surface area (Å²) in [6, 6.07) is 4.39. The highest BCUT2D eigenvalue weighted by Gasteiger charge is 2.19. The number of nitrogens with zero attached hydrogens (tertiary/aromatic N) is 3. The predicted molar refractivity (Wildman–Crippen MR) is 91.3 cm³/mol. The molecule has 9 heteroatoms. The molecule has 0 spiro atoms. The third-order valence-electron chi connectivity index (χ3n) is 3.92. The van der Waals surface area contributed by atoms with Crippen molar-refractivity contribution in [3.05, 3.63) is 51.9 Å². The number of amides is 1. The summed E-state index contributed by atoms with van der Waals surface area (Å²) >= 11 is 0. The zero-order chi connectivity index (χ0) is 18.7. The van der Waals surface area contributed by atoms with Crippen molar-refractivity contribution in [2.45, 2.75) is 13.5 Å². The molecule has 0 aliphatic carbocycles. The maximum Gasteiger partial charge on any atom is 0.255 e. The van der Waals surface area contributed by atoms with Gasteiger partial charge >= 0.3 is 0 Å². The molecule has 0 radical (unpaired) electrons. The van der Waals surface area contributed by atoms with Gasteiger partial charge in [0.25, 0.3) is 5.56 Å². The fourth-order valence-electron chi connectivity index (χ4n) is 2.68. The third-order valence-corrected chi connectivity index (χ3v) is 3.92. The van der Waals surface area contributed by atoms with Gasteiger partial charge in [0, 0.05) is 36.6 Å². The average molecular weight is 364 g/mol. The minimum absolute atomic E-state index is 0.106. The Labute approximate surface area is 148 Å². The van der Waals surface area contributed by atoms with Crippen molar-refractivity contribution in [3.63, 3.8) is 0 Å². The van der Waals surface area contributed by atoms with Crippen LogP contribution in [0.3, 0.4) is 0 Å². The van der Waals surface area contributed by atoms with Crippen LogP contribution in [0.4, 0.5) is 20.4 Å². The minimum atomic E-state index is -1.06. The Morgan fingerprint density at radius 3 is 2.65 bits per heavy atom. The summed E-state index contributed by atoms with van der Waals surface area (Å²) in [7, 11) is 0. The van der Waals surface area contributed by atoms with E-state index in [0.717, 1.165) is 12.1 Å². The number of halogens is 2. The van der Waals surface area contributed by atoms with Gasteiger partial charge in [-0.3, -0.25) is 14.2 Å². The van der Waals surface area contributed by atoms with Crippen LogP contribution < -0.4 is 15.8 Å². The van der Waals surface area contributed by atoms with Crippen LogP contribution >= 0.6 is 0 Å². The molecule has 2 heterocycles. The molecule has 1 amide bonds. The zero-order valence-electron chi connectivity index (χ0n) is 14.2. The van der Waals surface area contributed by atoms with Crippen LogP contribution in [0.25, 0.3) is 0 Å². The molecule has 1 N–H and O–H groups in total. The van der Waals surface area contributed by atoms with E-state index in [1.165, 1.54) is 16.7 Å². The highest BCUT2D eigenvalue weighted by molar-refractivity contribution is 5.90. The molecule has 1 saturated heterocycles. The molecule has 1 fully saturated rings. The molecule has 1 aromatic heterocycles. The molecule has 1 aliphatic heterocycles. The second kappa shape index (κ2) is 7.61. The highest BCUT2D eigenvalue weighted by atomic mass is 19.2. The largest absolute Gasteiger partial charge is 0.378 e. The van der Waals surface area contributed by atoms with E-state index in [0.29, 0.717) is 37.9 Å². The average Bonchev–Trinajstić information content (AvgIpc) is 2.61. The Bertz CT molecular complexity index is 879. The Hall–Kier alpha value is -2.81.